The molecule has 6 heteroatoms. The molecule has 0 aliphatic carbocycles. The summed E-state index contributed by atoms with van der Waals surface area (Å²) in [7, 11) is -0.589. The van der Waals surface area contributed by atoms with Crippen molar-refractivity contribution >= 4 is 20.0 Å². The molecule has 0 aliphatic heterocycles. The summed E-state index contributed by atoms with van der Waals surface area (Å²) < 4.78 is 5.37. The number of aliphatic carboxylic acids is 1. The SMILES string of the molecule is C=C(O[Si](C)(C)C)/C(=N\OC)C(=O)O. The molecule has 0 atom stereocenters. The minimum atomic E-state index is -1.86. The molecule has 0 bridgehead atoms. The van der Waals surface area contributed by atoms with Crippen LogP contribution in [0.15, 0.2) is 17.5 Å². The molecular formula is C8H15NO4Si. The molecule has 1 N–H and O–H groups in total. The van der Waals surface area contributed by atoms with E-state index in [2.05, 4.69) is 16.6 Å². The third-order valence-electron chi connectivity index (χ3n) is 1.08. The molecule has 0 saturated heterocycles. The average Bonchev–Trinajstić information content (AvgIpc) is 1.95. The molecule has 0 saturated carbocycles. The number of carbonyl (C=O) groups is 1. The second-order valence-corrected chi connectivity index (χ2v) is 7.99. The lowest BCUT2D eigenvalue weighted by Gasteiger charge is -2.20. The predicted molar refractivity (Wildman–Crippen MR) is 55.7 cm³/mol. The molecule has 5 nitrogen and oxygen atoms in total. The Morgan fingerprint density at radius 1 is 1.43 bits per heavy atom. The van der Waals surface area contributed by atoms with E-state index in [1.807, 2.05) is 19.6 Å². The minimum absolute atomic E-state index is 0.0403. The monoisotopic (exact) mass is 217 g/mol. The second-order valence-electron chi connectivity index (χ2n) is 3.57. The first kappa shape index (κ1) is 12.7. The van der Waals surface area contributed by atoms with Crippen LogP contribution < -0.4 is 0 Å². The third-order valence-corrected chi connectivity index (χ3v) is 1.94. The van der Waals surface area contributed by atoms with Gasteiger partial charge in [-0.3, -0.25) is 0 Å². The van der Waals surface area contributed by atoms with E-state index >= 15 is 0 Å². The van der Waals surface area contributed by atoms with E-state index in [-0.39, 0.29) is 11.5 Å². The highest BCUT2D eigenvalue weighted by Gasteiger charge is 2.23. The first-order valence-corrected chi connectivity index (χ1v) is 7.41. The fourth-order valence-corrected chi connectivity index (χ4v) is 1.55. The molecule has 0 rings (SSSR count). The van der Waals surface area contributed by atoms with Gasteiger partial charge >= 0.3 is 5.97 Å². The predicted octanol–water partition coefficient (Wildman–Crippen LogP) is 1.44. The standard InChI is InChI=1S/C8H15NO4Si/c1-6(13-14(3,4)5)7(8(10)11)9-12-2/h1H2,2-5H3,(H,10,11)/b9-7+. The Morgan fingerprint density at radius 3 is 2.21 bits per heavy atom. The number of nitrogens with zero attached hydrogens (tertiary/aromatic N) is 1. The zero-order valence-corrected chi connectivity index (χ0v) is 9.83. The van der Waals surface area contributed by atoms with E-state index in [0.717, 1.165) is 0 Å². The molecule has 0 radical (unpaired) electrons. The smallest absolute Gasteiger partial charge is 0.361 e. The summed E-state index contributed by atoms with van der Waals surface area (Å²) >= 11 is 0. The van der Waals surface area contributed by atoms with Crippen LogP contribution in [0.3, 0.4) is 0 Å². The number of hydrogen-bond donors (Lipinski definition) is 1. The first-order chi connectivity index (χ1) is 6.28. The molecule has 0 aliphatic rings. The van der Waals surface area contributed by atoms with Crippen LogP contribution in [0.2, 0.25) is 19.6 Å². The molecular weight excluding hydrogens is 202 g/mol. The van der Waals surface area contributed by atoms with Gasteiger partial charge in [0.15, 0.2) is 0 Å². The lowest BCUT2D eigenvalue weighted by Crippen LogP contribution is -2.29. The van der Waals surface area contributed by atoms with Gasteiger partial charge in [-0.15, -0.1) is 0 Å². The highest BCUT2D eigenvalue weighted by molar-refractivity contribution is 6.70. The van der Waals surface area contributed by atoms with Gasteiger partial charge in [0, 0.05) is 0 Å². The van der Waals surface area contributed by atoms with Crippen molar-refractivity contribution in [1.29, 1.82) is 0 Å². The van der Waals surface area contributed by atoms with Gasteiger partial charge in [0.25, 0.3) is 0 Å². The third kappa shape index (κ3) is 4.66. The van der Waals surface area contributed by atoms with Gasteiger partial charge in [-0.2, -0.15) is 0 Å². The summed E-state index contributed by atoms with van der Waals surface area (Å²) in [5, 5.41) is 12.1. The topological polar surface area (TPSA) is 68.1 Å². The van der Waals surface area contributed by atoms with Crippen LogP contribution in [0.25, 0.3) is 0 Å². The van der Waals surface area contributed by atoms with Gasteiger partial charge in [-0.25, -0.2) is 4.79 Å². The number of rotatable bonds is 5. The van der Waals surface area contributed by atoms with Crippen LogP contribution >= 0.6 is 0 Å². The normalized spacial score (nSPS) is 12.1. The summed E-state index contributed by atoms with van der Waals surface area (Å²) in [6.07, 6.45) is 0. The highest BCUT2D eigenvalue weighted by Crippen LogP contribution is 2.10. The van der Waals surface area contributed by atoms with Gasteiger partial charge in [0.05, 0.1) is 0 Å². The zero-order valence-electron chi connectivity index (χ0n) is 8.83. The van der Waals surface area contributed by atoms with Crippen LogP contribution in [0.4, 0.5) is 0 Å². The lowest BCUT2D eigenvalue weighted by atomic mass is 10.3. The van der Waals surface area contributed by atoms with Crippen LogP contribution in [0.5, 0.6) is 0 Å². The number of hydrogen-bond acceptors (Lipinski definition) is 4. The summed E-state index contributed by atoms with van der Waals surface area (Å²) in [6.45, 7) is 9.26. The molecule has 0 aromatic carbocycles. The maximum atomic E-state index is 10.7. The zero-order chi connectivity index (χ0) is 11.4. The van der Waals surface area contributed by atoms with Crippen molar-refractivity contribution in [3.8, 4) is 0 Å². The molecule has 0 fully saturated rings. The Hall–Kier alpha value is -1.30. The van der Waals surface area contributed by atoms with Crippen LogP contribution in [-0.2, 0) is 14.1 Å². The van der Waals surface area contributed by atoms with Gasteiger partial charge in [0.1, 0.15) is 12.9 Å². The maximum Gasteiger partial charge on any atom is 0.361 e. The Kier molecular flexibility index (Phi) is 4.35. The maximum absolute atomic E-state index is 10.7. The van der Waals surface area contributed by atoms with Crippen molar-refractivity contribution in [1.82, 2.24) is 0 Å². The Labute approximate surface area is 84.1 Å². The molecule has 0 unspecified atom stereocenters. The van der Waals surface area contributed by atoms with E-state index in [1.54, 1.807) is 0 Å². The van der Waals surface area contributed by atoms with Crippen molar-refractivity contribution in [2.75, 3.05) is 7.11 Å². The van der Waals surface area contributed by atoms with Gasteiger partial charge < -0.3 is 14.4 Å². The fraction of sp³-hybridized carbons (Fsp3) is 0.500. The van der Waals surface area contributed by atoms with E-state index in [1.165, 1.54) is 7.11 Å². The second kappa shape index (κ2) is 4.80. The Balaban J connectivity index is 4.64. The van der Waals surface area contributed by atoms with E-state index < -0.39 is 14.3 Å². The lowest BCUT2D eigenvalue weighted by molar-refractivity contribution is -0.129. The molecule has 0 spiro atoms. The van der Waals surface area contributed by atoms with Crippen LogP contribution in [-0.4, -0.2) is 32.2 Å². The summed E-state index contributed by atoms with van der Waals surface area (Å²) in [4.78, 5) is 15.1. The van der Waals surface area contributed by atoms with Crippen molar-refractivity contribution < 1.29 is 19.2 Å². The largest absolute Gasteiger partial charge is 0.543 e. The summed E-state index contributed by atoms with van der Waals surface area (Å²) in [5.41, 5.74) is -0.296. The van der Waals surface area contributed by atoms with Crippen LogP contribution in [0, 0.1) is 0 Å². The van der Waals surface area contributed by atoms with Crippen molar-refractivity contribution in [3.05, 3.63) is 12.3 Å². The molecule has 0 amide bonds. The molecule has 14 heavy (non-hydrogen) atoms. The highest BCUT2D eigenvalue weighted by atomic mass is 28.4. The van der Waals surface area contributed by atoms with Gasteiger partial charge in [-0.1, -0.05) is 11.7 Å². The quantitative estimate of drug-likeness (QED) is 0.327. The summed E-state index contributed by atoms with van der Waals surface area (Å²) in [6, 6.07) is 0. The fourth-order valence-electron chi connectivity index (χ4n) is 0.718. The number of oxime groups is 1. The van der Waals surface area contributed by atoms with Crippen LogP contribution in [0.1, 0.15) is 0 Å². The summed E-state index contributed by atoms with van der Waals surface area (Å²) in [5.74, 6) is -1.17. The van der Waals surface area contributed by atoms with E-state index in [9.17, 15) is 4.79 Å². The van der Waals surface area contributed by atoms with Gasteiger partial charge in [-0.05, 0) is 19.6 Å². The van der Waals surface area contributed by atoms with E-state index in [4.69, 9.17) is 9.53 Å². The van der Waals surface area contributed by atoms with Crippen molar-refractivity contribution in [2.45, 2.75) is 19.6 Å². The molecule has 0 heterocycles. The number of carboxylic acid groups (broad SMARTS) is 1. The molecule has 0 aromatic heterocycles. The average molecular weight is 217 g/mol. The van der Waals surface area contributed by atoms with Gasteiger partial charge in [0.2, 0.25) is 14.0 Å². The Morgan fingerprint density at radius 2 is 1.93 bits per heavy atom. The minimum Gasteiger partial charge on any atom is -0.543 e. The van der Waals surface area contributed by atoms with E-state index in [0.29, 0.717) is 0 Å². The first-order valence-electron chi connectivity index (χ1n) is 4.00. The molecule has 80 valence electrons. The molecule has 0 aromatic rings. The number of carboxylic acids is 1. The van der Waals surface area contributed by atoms with Crippen molar-refractivity contribution in [3.63, 3.8) is 0 Å². The van der Waals surface area contributed by atoms with Crippen molar-refractivity contribution in [2.24, 2.45) is 5.16 Å². The Bertz CT molecular complexity index is 267.